The molecule has 5 nitrogen and oxygen atoms in total. The van der Waals surface area contributed by atoms with Crippen molar-refractivity contribution in [3.63, 3.8) is 0 Å². The number of hydrogen-bond donors (Lipinski definition) is 3. The normalized spacial score (nSPS) is 12.2. The summed E-state index contributed by atoms with van der Waals surface area (Å²) in [5.74, 6) is 0.841. The van der Waals surface area contributed by atoms with Crippen LogP contribution in [0, 0.1) is 11.8 Å². The Morgan fingerprint density at radius 1 is 1.32 bits per heavy atom. The molecule has 0 radical (unpaired) electrons. The lowest BCUT2D eigenvalue weighted by molar-refractivity contribution is 0.185. The summed E-state index contributed by atoms with van der Waals surface area (Å²) >= 11 is 0. The predicted molar refractivity (Wildman–Crippen MR) is 88.8 cm³/mol. The minimum atomic E-state index is -0.227. The topological polar surface area (TPSA) is 70.6 Å². The van der Waals surface area contributed by atoms with E-state index in [4.69, 9.17) is 9.84 Å². The van der Waals surface area contributed by atoms with Gasteiger partial charge in [-0.1, -0.05) is 32.0 Å². The summed E-state index contributed by atoms with van der Waals surface area (Å²) < 4.78 is 5.12. The monoisotopic (exact) mass is 308 g/mol. The molecule has 0 aromatic heterocycles. The number of anilines is 1. The maximum atomic E-state index is 12.0. The summed E-state index contributed by atoms with van der Waals surface area (Å²) in [6.45, 7) is 5.46. The van der Waals surface area contributed by atoms with Gasteiger partial charge in [-0.2, -0.15) is 0 Å². The number of methoxy groups -OCH3 is 1. The van der Waals surface area contributed by atoms with E-state index >= 15 is 0 Å². The Bertz CT molecular complexity index is 449. The Labute approximate surface area is 133 Å². The average molecular weight is 308 g/mol. The number of carbonyl (C=O) groups excluding carboxylic acids is 1. The first-order chi connectivity index (χ1) is 10.6. The Kier molecular flexibility index (Phi) is 8.55. The van der Waals surface area contributed by atoms with E-state index in [1.807, 2.05) is 24.3 Å². The first kappa shape index (κ1) is 18.5. The molecule has 0 bridgehead atoms. The zero-order chi connectivity index (χ0) is 16.4. The van der Waals surface area contributed by atoms with E-state index in [9.17, 15) is 4.79 Å². The molecule has 0 aliphatic carbocycles. The van der Waals surface area contributed by atoms with Crippen molar-refractivity contribution >= 4 is 11.7 Å². The highest BCUT2D eigenvalue weighted by Crippen LogP contribution is 2.16. The zero-order valence-corrected chi connectivity index (χ0v) is 13.8. The van der Waals surface area contributed by atoms with Crippen LogP contribution in [0.15, 0.2) is 24.3 Å². The van der Waals surface area contributed by atoms with Crippen molar-refractivity contribution in [3.05, 3.63) is 29.8 Å². The predicted octanol–water partition coefficient (Wildman–Crippen LogP) is 3.00. The molecule has 0 saturated carbocycles. The van der Waals surface area contributed by atoms with Crippen molar-refractivity contribution in [2.75, 3.05) is 25.6 Å². The van der Waals surface area contributed by atoms with Crippen LogP contribution in [0.25, 0.3) is 0 Å². The molecule has 1 aromatic carbocycles. The SMILES string of the molecule is COCc1ccccc1NC(=O)NCC(CCO)CC(C)C. The summed E-state index contributed by atoms with van der Waals surface area (Å²) in [6.07, 6.45) is 1.69. The molecule has 0 saturated heterocycles. The van der Waals surface area contributed by atoms with Gasteiger partial charge in [-0.15, -0.1) is 0 Å². The molecule has 1 atom stereocenters. The number of nitrogens with one attached hydrogen (secondary N) is 2. The molecule has 3 N–H and O–H groups in total. The number of aliphatic hydroxyl groups is 1. The summed E-state index contributed by atoms with van der Waals surface area (Å²) in [4.78, 5) is 12.0. The molecule has 22 heavy (non-hydrogen) atoms. The van der Waals surface area contributed by atoms with Gasteiger partial charge in [0.2, 0.25) is 0 Å². The Morgan fingerprint density at radius 2 is 2.05 bits per heavy atom. The number of carbonyl (C=O) groups is 1. The summed E-state index contributed by atoms with van der Waals surface area (Å²) in [5.41, 5.74) is 1.69. The average Bonchev–Trinajstić information content (AvgIpc) is 2.47. The first-order valence-corrected chi connectivity index (χ1v) is 7.79. The standard InChI is InChI=1S/C17H28N2O3/c1-13(2)10-14(8-9-20)11-18-17(21)19-16-7-5-4-6-15(16)12-22-3/h4-7,13-14,20H,8-12H2,1-3H3,(H2,18,19,21). The lowest BCUT2D eigenvalue weighted by Gasteiger charge is -2.19. The molecule has 124 valence electrons. The van der Waals surface area contributed by atoms with Crippen molar-refractivity contribution in [3.8, 4) is 0 Å². The van der Waals surface area contributed by atoms with Crippen LogP contribution < -0.4 is 10.6 Å². The fourth-order valence-corrected chi connectivity index (χ4v) is 2.48. The number of hydrogen-bond acceptors (Lipinski definition) is 3. The lowest BCUT2D eigenvalue weighted by Crippen LogP contribution is -2.34. The second-order valence-corrected chi connectivity index (χ2v) is 5.93. The number of aliphatic hydroxyl groups excluding tert-OH is 1. The fourth-order valence-electron chi connectivity index (χ4n) is 2.48. The van der Waals surface area contributed by atoms with E-state index in [1.165, 1.54) is 0 Å². The maximum absolute atomic E-state index is 12.0. The van der Waals surface area contributed by atoms with Crippen molar-refractivity contribution in [1.29, 1.82) is 0 Å². The highest BCUT2D eigenvalue weighted by atomic mass is 16.5. The van der Waals surface area contributed by atoms with Gasteiger partial charge < -0.3 is 20.5 Å². The Hall–Kier alpha value is -1.59. The molecule has 2 amide bonds. The second-order valence-electron chi connectivity index (χ2n) is 5.93. The highest BCUT2D eigenvalue weighted by molar-refractivity contribution is 5.90. The van der Waals surface area contributed by atoms with E-state index in [2.05, 4.69) is 24.5 Å². The molecule has 1 rings (SSSR count). The molecule has 5 heteroatoms. The quantitative estimate of drug-likeness (QED) is 0.657. The van der Waals surface area contributed by atoms with Gasteiger partial charge in [0.05, 0.1) is 6.61 Å². The van der Waals surface area contributed by atoms with Gasteiger partial charge >= 0.3 is 6.03 Å². The number of para-hydroxylation sites is 1. The van der Waals surface area contributed by atoms with Crippen LogP contribution in [0.5, 0.6) is 0 Å². The molecule has 0 fully saturated rings. The van der Waals surface area contributed by atoms with Gasteiger partial charge in [0.15, 0.2) is 0 Å². The van der Waals surface area contributed by atoms with E-state index in [0.29, 0.717) is 31.4 Å². The lowest BCUT2D eigenvalue weighted by atomic mass is 9.94. The molecule has 1 aromatic rings. The first-order valence-electron chi connectivity index (χ1n) is 7.79. The third-order valence-electron chi connectivity index (χ3n) is 3.46. The van der Waals surface area contributed by atoms with Crippen molar-refractivity contribution in [1.82, 2.24) is 5.32 Å². The van der Waals surface area contributed by atoms with Crippen LogP contribution in [0.1, 0.15) is 32.3 Å². The van der Waals surface area contributed by atoms with Crippen molar-refractivity contribution in [2.24, 2.45) is 11.8 Å². The van der Waals surface area contributed by atoms with Crippen LogP contribution in [0.3, 0.4) is 0 Å². The number of amides is 2. The van der Waals surface area contributed by atoms with Crippen molar-refractivity contribution < 1.29 is 14.6 Å². The molecule has 0 aliphatic heterocycles. The van der Waals surface area contributed by atoms with Gasteiger partial charge in [-0.05, 0) is 30.7 Å². The van der Waals surface area contributed by atoms with Gasteiger partial charge in [-0.3, -0.25) is 0 Å². The van der Waals surface area contributed by atoms with Gasteiger partial charge in [0.1, 0.15) is 0 Å². The summed E-state index contributed by atoms with van der Waals surface area (Å²) in [6, 6.07) is 7.34. The van der Waals surface area contributed by atoms with Crippen molar-refractivity contribution in [2.45, 2.75) is 33.3 Å². The second kappa shape index (κ2) is 10.2. The largest absolute Gasteiger partial charge is 0.396 e. The summed E-state index contributed by atoms with van der Waals surface area (Å²) in [5, 5.41) is 14.8. The van der Waals surface area contributed by atoms with E-state index in [-0.39, 0.29) is 12.6 Å². The van der Waals surface area contributed by atoms with Crippen LogP contribution in [0.4, 0.5) is 10.5 Å². The smallest absolute Gasteiger partial charge is 0.319 e. The fraction of sp³-hybridized carbons (Fsp3) is 0.588. The van der Waals surface area contributed by atoms with Crippen LogP contribution in [0.2, 0.25) is 0 Å². The minimum absolute atomic E-state index is 0.150. The van der Waals surface area contributed by atoms with Gasteiger partial charge in [0.25, 0.3) is 0 Å². The molecule has 1 unspecified atom stereocenters. The molecular formula is C17H28N2O3. The van der Waals surface area contributed by atoms with Gasteiger partial charge in [-0.25, -0.2) is 4.79 Å². The van der Waals surface area contributed by atoms with E-state index < -0.39 is 0 Å². The number of ether oxygens (including phenoxy) is 1. The molecule has 0 spiro atoms. The van der Waals surface area contributed by atoms with Gasteiger partial charge in [0, 0.05) is 31.5 Å². The minimum Gasteiger partial charge on any atom is -0.396 e. The molecule has 0 heterocycles. The third kappa shape index (κ3) is 6.91. The maximum Gasteiger partial charge on any atom is 0.319 e. The zero-order valence-electron chi connectivity index (χ0n) is 13.8. The number of benzene rings is 1. The van der Waals surface area contributed by atoms with Crippen LogP contribution >= 0.6 is 0 Å². The Morgan fingerprint density at radius 3 is 2.68 bits per heavy atom. The highest BCUT2D eigenvalue weighted by Gasteiger charge is 2.13. The van der Waals surface area contributed by atoms with E-state index in [0.717, 1.165) is 17.7 Å². The third-order valence-corrected chi connectivity index (χ3v) is 3.46. The molecule has 0 aliphatic rings. The van der Waals surface area contributed by atoms with Crippen LogP contribution in [-0.4, -0.2) is 31.4 Å². The van der Waals surface area contributed by atoms with E-state index in [1.54, 1.807) is 7.11 Å². The Balaban J connectivity index is 2.51. The number of rotatable bonds is 9. The van der Waals surface area contributed by atoms with Crippen LogP contribution in [-0.2, 0) is 11.3 Å². The molecular weight excluding hydrogens is 280 g/mol. The number of urea groups is 1. The summed E-state index contributed by atoms with van der Waals surface area (Å²) in [7, 11) is 1.63.